The maximum Gasteiger partial charge on any atom is 0.187 e. The molecule has 0 spiro atoms. The van der Waals surface area contributed by atoms with Gasteiger partial charge in [0.15, 0.2) is 5.69 Å². The molecule has 0 N–H and O–H groups in total. The Hall–Kier alpha value is -3.07. The fraction of sp³-hybridized carbons (Fsp3) is 0.240. The van der Waals surface area contributed by atoms with Crippen molar-refractivity contribution in [2.45, 2.75) is 12.6 Å². The van der Waals surface area contributed by atoms with Gasteiger partial charge >= 0.3 is 0 Å². The number of rotatable bonds is 5. The highest BCUT2D eigenvalue weighted by Gasteiger charge is 2.30. The number of hydrogen-bond acceptors (Lipinski definition) is 3. The Kier molecular flexibility index (Phi) is 6.41. The smallest absolute Gasteiger partial charge is 0.187 e. The third-order valence-electron chi connectivity index (χ3n) is 5.66. The van der Waals surface area contributed by atoms with Crippen LogP contribution >= 0.6 is 11.6 Å². The van der Waals surface area contributed by atoms with Gasteiger partial charge in [0.1, 0.15) is 11.6 Å². The summed E-state index contributed by atoms with van der Waals surface area (Å²) >= 11 is 6.10. The summed E-state index contributed by atoms with van der Waals surface area (Å²) in [7, 11) is 1.54. The van der Waals surface area contributed by atoms with Crippen molar-refractivity contribution in [3.05, 3.63) is 100 Å². The first-order valence-electron chi connectivity index (χ1n) is 10.1. The first kappa shape index (κ1) is 21.2. The van der Waals surface area contributed by atoms with E-state index in [-0.39, 0.29) is 11.9 Å². The molecule has 1 heterocycles. The van der Waals surface area contributed by atoms with Gasteiger partial charge in [-0.15, -0.1) is 0 Å². The quantitative estimate of drug-likeness (QED) is 0.451. The Morgan fingerprint density at radius 3 is 2.45 bits per heavy atom. The molecule has 1 aliphatic rings. The summed E-state index contributed by atoms with van der Waals surface area (Å²) in [5.74, 6) is 0.215. The molecule has 1 aliphatic heterocycles. The van der Waals surface area contributed by atoms with Crippen LogP contribution in [0.4, 0.5) is 15.8 Å². The van der Waals surface area contributed by atoms with E-state index in [1.165, 1.54) is 13.2 Å². The monoisotopic (exact) mass is 435 g/mol. The van der Waals surface area contributed by atoms with Crippen LogP contribution in [0.25, 0.3) is 4.85 Å². The van der Waals surface area contributed by atoms with E-state index < -0.39 is 0 Å². The van der Waals surface area contributed by atoms with Gasteiger partial charge in [-0.3, -0.25) is 4.90 Å². The molecule has 158 valence electrons. The van der Waals surface area contributed by atoms with Crippen LogP contribution in [0.3, 0.4) is 0 Å². The van der Waals surface area contributed by atoms with E-state index in [4.69, 9.17) is 22.9 Å². The predicted molar refractivity (Wildman–Crippen MR) is 122 cm³/mol. The van der Waals surface area contributed by atoms with E-state index in [9.17, 15) is 4.39 Å². The molecule has 3 aromatic carbocycles. The molecule has 4 rings (SSSR count). The van der Waals surface area contributed by atoms with Crippen LogP contribution in [0, 0.1) is 12.4 Å². The van der Waals surface area contributed by atoms with E-state index in [2.05, 4.69) is 14.6 Å². The first-order valence-corrected chi connectivity index (χ1v) is 10.5. The zero-order valence-corrected chi connectivity index (χ0v) is 18.0. The topological polar surface area (TPSA) is 20.1 Å². The number of methoxy groups -OCH3 is 1. The molecule has 0 saturated carbocycles. The minimum atomic E-state index is -0.290. The average Bonchev–Trinajstić information content (AvgIpc) is 2.80. The van der Waals surface area contributed by atoms with Crippen molar-refractivity contribution in [3.8, 4) is 5.75 Å². The molecule has 4 nitrogen and oxygen atoms in total. The van der Waals surface area contributed by atoms with Crippen molar-refractivity contribution in [3.63, 3.8) is 0 Å². The van der Waals surface area contributed by atoms with Gasteiger partial charge in [-0.25, -0.2) is 9.24 Å². The third kappa shape index (κ3) is 4.82. The van der Waals surface area contributed by atoms with Crippen LogP contribution in [-0.4, -0.2) is 31.6 Å². The van der Waals surface area contributed by atoms with Crippen LogP contribution in [0.15, 0.2) is 66.7 Å². The van der Waals surface area contributed by atoms with Gasteiger partial charge in [0.25, 0.3) is 0 Å². The molecule has 0 aliphatic carbocycles. The highest BCUT2D eigenvalue weighted by molar-refractivity contribution is 6.30. The number of piperazine rings is 1. The van der Waals surface area contributed by atoms with Gasteiger partial charge in [-0.1, -0.05) is 48.0 Å². The number of nitrogens with zero attached hydrogens (tertiary/aromatic N) is 3. The number of halogens is 2. The predicted octanol–water partition coefficient (Wildman–Crippen LogP) is 6.10. The van der Waals surface area contributed by atoms with Crippen molar-refractivity contribution in [2.75, 3.05) is 31.6 Å². The summed E-state index contributed by atoms with van der Waals surface area (Å²) < 4.78 is 20.1. The number of hydrogen-bond donors (Lipinski definition) is 0. The van der Waals surface area contributed by atoms with Gasteiger partial charge < -0.3 is 9.64 Å². The molecule has 0 radical (unpaired) electrons. The maximum atomic E-state index is 14.9. The van der Waals surface area contributed by atoms with Crippen molar-refractivity contribution < 1.29 is 9.13 Å². The second-order valence-electron chi connectivity index (χ2n) is 7.59. The second kappa shape index (κ2) is 9.38. The lowest BCUT2D eigenvalue weighted by molar-refractivity contribution is 0.215. The Labute approximate surface area is 187 Å². The molecule has 1 fully saturated rings. The van der Waals surface area contributed by atoms with E-state index in [0.717, 1.165) is 30.8 Å². The zero-order chi connectivity index (χ0) is 21.8. The molecule has 0 amide bonds. The van der Waals surface area contributed by atoms with Gasteiger partial charge in [-0.2, -0.15) is 0 Å². The zero-order valence-electron chi connectivity index (χ0n) is 17.3. The Bertz CT molecular complexity index is 1080. The molecule has 0 bridgehead atoms. The lowest BCUT2D eigenvalue weighted by Gasteiger charge is -2.43. The standard InChI is InChI=1S/C25H23ClFN3O/c1-28-21-9-3-18(4-10-21)16-29-13-14-30(24-12-11-22(31-2)15-23(24)27)25(17-29)19-5-7-20(26)8-6-19/h3-12,15,25H,13-14,16-17H2,2H3/t25-/m0/s1. The van der Waals surface area contributed by atoms with Crippen molar-refractivity contribution in [2.24, 2.45) is 0 Å². The molecule has 3 aromatic rings. The molecule has 0 unspecified atom stereocenters. The number of anilines is 1. The average molecular weight is 436 g/mol. The van der Waals surface area contributed by atoms with Crippen LogP contribution in [0.5, 0.6) is 5.75 Å². The van der Waals surface area contributed by atoms with Crippen LogP contribution in [0.1, 0.15) is 17.2 Å². The van der Waals surface area contributed by atoms with Gasteiger partial charge in [-0.05, 0) is 35.4 Å². The highest BCUT2D eigenvalue weighted by Crippen LogP contribution is 2.34. The lowest BCUT2D eigenvalue weighted by atomic mass is 10.0. The summed E-state index contributed by atoms with van der Waals surface area (Å²) in [6.45, 7) is 10.1. The summed E-state index contributed by atoms with van der Waals surface area (Å²) in [6.07, 6.45) is 0. The lowest BCUT2D eigenvalue weighted by Crippen LogP contribution is -2.48. The molecule has 0 aromatic heterocycles. The summed E-state index contributed by atoms with van der Waals surface area (Å²) in [4.78, 5) is 7.94. The Morgan fingerprint density at radius 2 is 1.81 bits per heavy atom. The molecule has 6 heteroatoms. The highest BCUT2D eigenvalue weighted by atomic mass is 35.5. The molecular formula is C25H23ClFN3O. The minimum Gasteiger partial charge on any atom is -0.497 e. The van der Waals surface area contributed by atoms with Gasteiger partial charge in [0.05, 0.1) is 25.4 Å². The van der Waals surface area contributed by atoms with E-state index in [0.29, 0.717) is 28.7 Å². The largest absolute Gasteiger partial charge is 0.497 e. The first-order chi connectivity index (χ1) is 15.1. The fourth-order valence-corrected chi connectivity index (χ4v) is 4.15. The van der Waals surface area contributed by atoms with Gasteiger partial charge in [0.2, 0.25) is 0 Å². The minimum absolute atomic E-state index is 0.0172. The maximum absolute atomic E-state index is 14.9. The summed E-state index contributed by atoms with van der Waals surface area (Å²) in [5.41, 5.74) is 3.46. The molecule has 1 atom stereocenters. The van der Waals surface area contributed by atoms with Crippen LogP contribution in [-0.2, 0) is 6.54 Å². The van der Waals surface area contributed by atoms with Crippen molar-refractivity contribution in [1.82, 2.24) is 4.90 Å². The molecular weight excluding hydrogens is 413 g/mol. The van der Waals surface area contributed by atoms with Crippen molar-refractivity contribution in [1.29, 1.82) is 0 Å². The third-order valence-corrected chi connectivity index (χ3v) is 5.91. The molecule has 1 saturated heterocycles. The fourth-order valence-electron chi connectivity index (χ4n) is 4.02. The van der Waals surface area contributed by atoms with Crippen LogP contribution in [0.2, 0.25) is 5.02 Å². The van der Waals surface area contributed by atoms with Crippen LogP contribution < -0.4 is 9.64 Å². The Balaban J connectivity index is 1.60. The van der Waals surface area contributed by atoms with Gasteiger partial charge in [0, 0.05) is 37.3 Å². The van der Waals surface area contributed by atoms with E-state index in [1.54, 1.807) is 12.1 Å². The molecule has 31 heavy (non-hydrogen) atoms. The Morgan fingerprint density at radius 1 is 1.06 bits per heavy atom. The van der Waals surface area contributed by atoms with E-state index in [1.807, 2.05) is 48.5 Å². The summed E-state index contributed by atoms with van der Waals surface area (Å²) in [6, 6.07) is 20.5. The normalized spacial score (nSPS) is 16.7. The summed E-state index contributed by atoms with van der Waals surface area (Å²) in [5, 5.41) is 0.679. The number of ether oxygens (including phenoxy) is 1. The van der Waals surface area contributed by atoms with E-state index >= 15 is 0 Å². The number of benzene rings is 3. The second-order valence-corrected chi connectivity index (χ2v) is 8.03. The van der Waals surface area contributed by atoms with Crippen molar-refractivity contribution >= 4 is 23.0 Å². The SMILES string of the molecule is [C-]#[N+]c1ccc(CN2CCN(c3ccc(OC)cc3F)[C@H](c3ccc(Cl)cc3)C2)cc1.